The Morgan fingerprint density at radius 2 is 1.88 bits per heavy atom. The van der Waals surface area contributed by atoms with Crippen LogP contribution in [0.3, 0.4) is 0 Å². The Morgan fingerprint density at radius 3 is 2.44 bits per heavy atom. The zero-order valence-electron chi connectivity index (χ0n) is 11.4. The number of ether oxygens (including phenoxy) is 1. The number of nitrogens with one attached hydrogen (secondary N) is 1. The molecule has 1 saturated heterocycles. The molecule has 0 aromatic heterocycles. The van der Waals surface area contributed by atoms with Gasteiger partial charge in [-0.05, 0) is 25.3 Å². The summed E-state index contributed by atoms with van der Waals surface area (Å²) in [5.41, 5.74) is 0.436. The number of hydrogen-bond donors (Lipinski definition) is 1. The minimum Gasteiger partial charge on any atom is -0.379 e. The van der Waals surface area contributed by atoms with E-state index in [0.717, 1.165) is 39.4 Å². The summed E-state index contributed by atoms with van der Waals surface area (Å²) in [5.74, 6) is 0. The normalized spacial score (nSPS) is 21.0. The van der Waals surface area contributed by atoms with Gasteiger partial charge in [-0.25, -0.2) is 0 Å². The molecule has 1 atom stereocenters. The average molecular weight is 228 g/mol. The van der Waals surface area contributed by atoms with Crippen molar-refractivity contribution in [1.29, 1.82) is 0 Å². The molecule has 16 heavy (non-hydrogen) atoms. The van der Waals surface area contributed by atoms with Gasteiger partial charge in [-0.15, -0.1) is 0 Å². The molecule has 0 bridgehead atoms. The molecule has 0 aromatic rings. The van der Waals surface area contributed by atoms with Crippen LogP contribution < -0.4 is 5.32 Å². The van der Waals surface area contributed by atoms with Gasteiger partial charge in [0.15, 0.2) is 0 Å². The minimum absolute atomic E-state index is 0.436. The molecule has 1 N–H and O–H groups in total. The number of hydrogen-bond acceptors (Lipinski definition) is 3. The van der Waals surface area contributed by atoms with Crippen LogP contribution in [0.15, 0.2) is 0 Å². The fourth-order valence-corrected chi connectivity index (χ4v) is 1.93. The average Bonchev–Trinajstić information content (AvgIpc) is 2.17. The SMILES string of the molecule is CC(CN1CCOCC1)NCCC(C)(C)C. The highest BCUT2D eigenvalue weighted by molar-refractivity contribution is 4.71. The molecule has 1 heterocycles. The van der Waals surface area contributed by atoms with Crippen LogP contribution in [0, 0.1) is 5.41 Å². The van der Waals surface area contributed by atoms with E-state index in [2.05, 4.69) is 37.9 Å². The lowest BCUT2D eigenvalue weighted by Crippen LogP contribution is -2.44. The lowest BCUT2D eigenvalue weighted by Gasteiger charge is -2.30. The van der Waals surface area contributed by atoms with Gasteiger partial charge in [0.2, 0.25) is 0 Å². The summed E-state index contributed by atoms with van der Waals surface area (Å²) in [6.45, 7) is 15.4. The van der Waals surface area contributed by atoms with Crippen molar-refractivity contribution in [3.05, 3.63) is 0 Å². The Labute approximate surface area is 101 Å². The largest absolute Gasteiger partial charge is 0.379 e. The van der Waals surface area contributed by atoms with Gasteiger partial charge in [0, 0.05) is 25.7 Å². The minimum atomic E-state index is 0.436. The van der Waals surface area contributed by atoms with E-state index in [9.17, 15) is 0 Å². The fourth-order valence-electron chi connectivity index (χ4n) is 1.93. The summed E-state index contributed by atoms with van der Waals surface area (Å²) in [6.07, 6.45) is 1.24. The van der Waals surface area contributed by atoms with Crippen molar-refractivity contribution in [3.8, 4) is 0 Å². The van der Waals surface area contributed by atoms with Crippen LogP contribution in [0.1, 0.15) is 34.1 Å². The van der Waals surface area contributed by atoms with Crippen LogP contribution in [-0.2, 0) is 4.74 Å². The van der Waals surface area contributed by atoms with E-state index < -0.39 is 0 Å². The van der Waals surface area contributed by atoms with Gasteiger partial charge >= 0.3 is 0 Å². The third-order valence-corrected chi connectivity index (χ3v) is 3.00. The third-order valence-electron chi connectivity index (χ3n) is 3.00. The topological polar surface area (TPSA) is 24.5 Å². The van der Waals surface area contributed by atoms with E-state index >= 15 is 0 Å². The lowest BCUT2D eigenvalue weighted by molar-refractivity contribution is 0.0343. The second-order valence-corrected chi connectivity index (χ2v) is 6.08. The number of rotatable bonds is 5. The molecule has 0 radical (unpaired) electrons. The first-order valence-corrected chi connectivity index (χ1v) is 6.51. The molecule has 1 rings (SSSR count). The van der Waals surface area contributed by atoms with Gasteiger partial charge in [-0.1, -0.05) is 20.8 Å². The zero-order valence-corrected chi connectivity index (χ0v) is 11.4. The van der Waals surface area contributed by atoms with Gasteiger partial charge in [-0.2, -0.15) is 0 Å². The lowest BCUT2D eigenvalue weighted by atomic mass is 9.92. The molecule has 0 amide bonds. The van der Waals surface area contributed by atoms with E-state index in [1.807, 2.05) is 0 Å². The maximum Gasteiger partial charge on any atom is 0.0594 e. The molecule has 0 aliphatic carbocycles. The van der Waals surface area contributed by atoms with Crippen molar-refractivity contribution in [2.75, 3.05) is 39.4 Å². The number of morpholine rings is 1. The highest BCUT2D eigenvalue weighted by Crippen LogP contribution is 2.17. The van der Waals surface area contributed by atoms with Crippen molar-refractivity contribution >= 4 is 0 Å². The Kier molecular flexibility index (Phi) is 5.73. The van der Waals surface area contributed by atoms with Crippen molar-refractivity contribution in [2.45, 2.75) is 40.2 Å². The molecule has 3 heteroatoms. The van der Waals surface area contributed by atoms with Gasteiger partial charge in [-0.3, -0.25) is 4.90 Å². The van der Waals surface area contributed by atoms with Crippen LogP contribution in [0.25, 0.3) is 0 Å². The van der Waals surface area contributed by atoms with E-state index in [1.54, 1.807) is 0 Å². The van der Waals surface area contributed by atoms with Gasteiger partial charge < -0.3 is 10.1 Å². The second kappa shape index (κ2) is 6.58. The third kappa shape index (κ3) is 6.46. The van der Waals surface area contributed by atoms with Crippen molar-refractivity contribution in [2.24, 2.45) is 5.41 Å². The Hall–Kier alpha value is -0.120. The first kappa shape index (κ1) is 13.9. The fraction of sp³-hybridized carbons (Fsp3) is 1.00. The summed E-state index contributed by atoms with van der Waals surface area (Å²) in [7, 11) is 0. The highest BCUT2D eigenvalue weighted by atomic mass is 16.5. The predicted molar refractivity (Wildman–Crippen MR) is 68.8 cm³/mol. The van der Waals surface area contributed by atoms with Crippen LogP contribution in [-0.4, -0.2) is 50.3 Å². The van der Waals surface area contributed by atoms with Gasteiger partial charge in [0.05, 0.1) is 13.2 Å². The van der Waals surface area contributed by atoms with Gasteiger partial charge in [0.1, 0.15) is 0 Å². The van der Waals surface area contributed by atoms with E-state index in [1.165, 1.54) is 6.42 Å². The van der Waals surface area contributed by atoms with Crippen molar-refractivity contribution < 1.29 is 4.74 Å². The Morgan fingerprint density at radius 1 is 1.25 bits per heavy atom. The molecular formula is C13H28N2O. The molecule has 1 aliphatic rings. The van der Waals surface area contributed by atoms with Crippen LogP contribution in [0.5, 0.6) is 0 Å². The first-order valence-electron chi connectivity index (χ1n) is 6.51. The summed E-state index contributed by atoms with van der Waals surface area (Å²) < 4.78 is 5.35. The quantitative estimate of drug-likeness (QED) is 0.775. The number of nitrogens with zero attached hydrogens (tertiary/aromatic N) is 1. The summed E-state index contributed by atoms with van der Waals surface area (Å²) in [4.78, 5) is 2.48. The zero-order chi connectivity index (χ0) is 12.0. The monoisotopic (exact) mass is 228 g/mol. The van der Waals surface area contributed by atoms with Crippen molar-refractivity contribution in [3.63, 3.8) is 0 Å². The molecule has 1 fully saturated rings. The molecule has 1 aliphatic heterocycles. The molecular weight excluding hydrogens is 200 g/mol. The van der Waals surface area contributed by atoms with Crippen LogP contribution >= 0.6 is 0 Å². The molecule has 3 nitrogen and oxygen atoms in total. The molecule has 0 saturated carbocycles. The van der Waals surface area contributed by atoms with E-state index in [4.69, 9.17) is 4.74 Å². The smallest absolute Gasteiger partial charge is 0.0594 e. The summed E-state index contributed by atoms with van der Waals surface area (Å²) in [6, 6.07) is 0.584. The van der Waals surface area contributed by atoms with Crippen molar-refractivity contribution in [1.82, 2.24) is 10.2 Å². The summed E-state index contributed by atoms with van der Waals surface area (Å²) >= 11 is 0. The highest BCUT2D eigenvalue weighted by Gasteiger charge is 2.14. The molecule has 96 valence electrons. The van der Waals surface area contributed by atoms with Gasteiger partial charge in [0.25, 0.3) is 0 Å². The van der Waals surface area contributed by atoms with Crippen LogP contribution in [0.2, 0.25) is 0 Å². The van der Waals surface area contributed by atoms with Crippen LogP contribution in [0.4, 0.5) is 0 Å². The molecule has 0 spiro atoms. The Balaban J connectivity index is 2.08. The maximum atomic E-state index is 5.35. The standard InChI is InChI=1S/C13H28N2O/c1-12(14-6-5-13(2,3)4)11-15-7-9-16-10-8-15/h12,14H,5-11H2,1-4H3. The summed E-state index contributed by atoms with van der Waals surface area (Å²) in [5, 5.41) is 3.60. The Bertz CT molecular complexity index is 183. The second-order valence-electron chi connectivity index (χ2n) is 6.08. The van der Waals surface area contributed by atoms with E-state index in [0.29, 0.717) is 11.5 Å². The molecule has 1 unspecified atom stereocenters. The van der Waals surface area contributed by atoms with E-state index in [-0.39, 0.29) is 0 Å². The first-order chi connectivity index (χ1) is 7.47. The molecule has 0 aromatic carbocycles. The maximum absolute atomic E-state index is 5.35. The predicted octanol–water partition coefficient (Wildman–Crippen LogP) is 1.73.